The van der Waals surface area contributed by atoms with E-state index in [1.807, 2.05) is 0 Å². The van der Waals surface area contributed by atoms with E-state index in [4.69, 9.17) is 23.2 Å². The molecule has 1 aromatic rings. The van der Waals surface area contributed by atoms with Gasteiger partial charge in [-0.05, 0) is 43.0 Å². The molecule has 31 heavy (non-hydrogen) atoms. The number of piperidine rings is 1. The summed E-state index contributed by atoms with van der Waals surface area (Å²) in [7, 11) is 0. The van der Waals surface area contributed by atoms with Crippen molar-refractivity contribution in [1.82, 2.24) is 9.80 Å². The second-order valence-corrected chi connectivity index (χ2v) is 9.13. The van der Waals surface area contributed by atoms with E-state index in [-0.39, 0.29) is 28.1 Å². The number of carbonyl (C=O) groups is 2. The number of hydrogen-bond donors (Lipinski definition) is 0. The highest BCUT2D eigenvalue weighted by Crippen LogP contribution is 2.41. The summed E-state index contributed by atoms with van der Waals surface area (Å²) < 4.78 is 38.7. The van der Waals surface area contributed by atoms with Gasteiger partial charge in [-0.3, -0.25) is 9.59 Å². The lowest BCUT2D eigenvalue weighted by molar-refractivity contribution is -0.146. The van der Waals surface area contributed by atoms with Crippen LogP contribution in [-0.2, 0) is 15.8 Å². The van der Waals surface area contributed by atoms with Gasteiger partial charge in [0, 0.05) is 31.6 Å². The molecular weight excluding hydrogens is 452 g/mol. The molecule has 9 heteroatoms. The van der Waals surface area contributed by atoms with Gasteiger partial charge in [0.25, 0.3) is 0 Å². The third-order valence-electron chi connectivity index (χ3n) is 6.12. The van der Waals surface area contributed by atoms with Crippen LogP contribution in [0, 0.1) is 5.41 Å². The topological polar surface area (TPSA) is 40.6 Å². The Bertz CT molecular complexity index is 864. The van der Waals surface area contributed by atoms with Gasteiger partial charge in [0.15, 0.2) is 0 Å². The molecule has 2 fully saturated rings. The smallest absolute Gasteiger partial charge is 0.342 e. The van der Waals surface area contributed by atoms with E-state index in [1.165, 1.54) is 24.3 Å². The molecule has 4 nitrogen and oxygen atoms in total. The van der Waals surface area contributed by atoms with Crippen molar-refractivity contribution >= 4 is 35.0 Å². The number of amides is 2. The first-order chi connectivity index (χ1) is 14.5. The molecule has 1 aromatic carbocycles. The Morgan fingerprint density at radius 1 is 1.10 bits per heavy atom. The highest BCUT2D eigenvalue weighted by atomic mass is 35.5. The van der Waals surface area contributed by atoms with Crippen LogP contribution >= 0.6 is 23.2 Å². The molecule has 2 saturated heterocycles. The van der Waals surface area contributed by atoms with Crippen molar-refractivity contribution in [1.29, 1.82) is 0 Å². The predicted octanol–water partition coefficient (Wildman–Crippen LogP) is 5.14. The van der Waals surface area contributed by atoms with Crippen molar-refractivity contribution < 1.29 is 22.8 Å². The van der Waals surface area contributed by atoms with Crippen molar-refractivity contribution in [3.05, 3.63) is 58.6 Å². The molecule has 0 N–H and O–H groups in total. The van der Waals surface area contributed by atoms with Crippen molar-refractivity contribution in [2.45, 2.75) is 31.4 Å². The Morgan fingerprint density at radius 3 is 2.16 bits per heavy atom. The van der Waals surface area contributed by atoms with Crippen LogP contribution in [0.5, 0.6) is 0 Å². The van der Waals surface area contributed by atoms with Gasteiger partial charge in [-0.1, -0.05) is 48.0 Å². The number of alkyl halides is 3. The van der Waals surface area contributed by atoms with Crippen LogP contribution in [0.4, 0.5) is 13.2 Å². The predicted molar refractivity (Wildman–Crippen MR) is 114 cm³/mol. The quantitative estimate of drug-likeness (QED) is 0.554. The van der Waals surface area contributed by atoms with Crippen LogP contribution in [-0.4, -0.2) is 47.8 Å². The van der Waals surface area contributed by atoms with Crippen molar-refractivity contribution in [2.24, 2.45) is 5.41 Å². The molecule has 2 heterocycles. The molecular formula is C22H23Cl2F3N2O2. The van der Waals surface area contributed by atoms with Gasteiger partial charge in [0.05, 0.1) is 11.5 Å². The molecule has 0 radical (unpaired) electrons. The molecule has 2 amide bonds. The number of nitrogens with zero attached hydrogens (tertiary/aromatic N) is 2. The SMILES string of the molecule is C=CC(=O)N1CC2(CCN(C(=O)[C@@H](CC=C(Cl)Cl)c3ccc(C(F)(F)F)cc3)CC2)C1. The molecule has 168 valence electrons. The Labute approximate surface area is 189 Å². The molecule has 2 aliphatic rings. The minimum atomic E-state index is -4.44. The fraction of sp³-hybridized carbons (Fsp3) is 0.455. The highest BCUT2D eigenvalue weighted by Gasteiger charge is 2.47. The molecule has 0 unspecified atom stereocenters. The fourth-order valence-electron chi connectivity index (χ4n) is 4.28. The highest BCUT2D eigenvalue weighted by molar-refractivity contribution is 6.55. The lowest BCUT2D eigenvalue weighted by Crippen LogP contribution is -2.62. The maximum absolute atomic E-state index is 13.2. The average Bonchev–Trinajstić information content (AvgIpc) is 2.71. The summed E-state index contributed by atoms with van der Waals surface area (Å²) in [6.07, 6.45) is 0.0736. The van der Waals surface area contributed by atoms with E-state index in [1.54, 1.807) is 9.80 Å². The van der Waals surface area contributed by atoms with E-state index < -0.39 is 17.7 Å². The molecule has 0 aromatic heterocycles. The maximum atomic E-state index is 13.2. The minimum Gasteiger partial charge on any atom is -0.342 e. The lowest BCUT2D eigenvalue weighted by Gasteiger charge is -2.54. The summed E-state index contributed by atoms with van der Waals surface area (Å²) in [5.74, 6) is -0.931. The van der Waals surface area contributed by atoms with Gasteiger partial charge < -0.3 is 9.80 Å². The van der Waals surface area contributed by atoms with Gasteiger partial charge in [0.1, 0.15) is 4.49 Å². The molecule has 3 rings (SSSR count). The van der Waals surface area contributed by atoms with Crippen LogP contribution < -0.4 is 0 Å². The van der Waals surface area contributed by atoms with Crippen molar-refractivity contribution in [3.63, 3.8) is 0 Å². The molecule has 1 spiro atoms. The average molecular weight is 475 g/mol. The number of benzene rings is 1. The van der Waals surface area contributed by atoms with E-state index >= 15 is 0 Å². The van der Waals surface area contributed by atoms with Gasteiger partial charge >= 0.3 is 6.18 Å². The van der Waals surface area contributed by atoms with Crippen LogP contribution in [0.3, 0.4) is 0 Å². The second kappa shape index (κ2) is 9.25. The summed E-state index contributed by atoms with van der Waals surface area (Å²) in [6.45, 7) is 5.88. The van der Waals surface area contributed by atoms with Crippen molar-refractivity contribution in [3.8, 4) is 0 Å². The largest absolute Gasteiger partial charge is 0.416 e. The maximum Gasteiger partial charge on any atom is 0.416 e. The Kier molecular flexibility index (Phi) is 7.06. The zero-order valence-electron chi connectivity index (χ0n) is 16.8. The van der Waals surface area contributed by atoms with E-state index in [2.05, 4.69) is 6.58 Å². The Morgan fingerprint density at radius 2 is 1.68 bits per heavy atom. The third kappa shape index (κ3) is 5.44. The molecule has 0 saturated carbocycles. The van der Waals surface area contributed by atoms with E-state index in [0.29, 0.717) is 31.7 Å². The molecule has 0 bridgehead atoms. The fourth-order valence-corrected chi connectivity index (χ4v) is 4.46. The Balaban J connectivity index is 1.69. The monoisotopic (exact) mass is 474 g/mol. The van der Waals surface area contributed by atoms with Crippen LogP contribution in [0.1, 0.15) is 36.3 Å². The summed E-state index contributed by atoms with van der Waals surface area (Å²) in [5, 5.41) is 0. The summed E-state index contributed by atoms with van der Waals surface area (Å²) in [6, 6.07) is 4.62. The first-order valence-corrected chi connectivity index (χ1v) is 10.7. The Hall–Kier alpha value is -1.99. The van der Waals surface area contributed by atoms with E-state index in [9.17, 15) is 22.8 Å². The summed E-state index contributed by atoms with van der Waals surface area (Å²) in [4.78, 5) is 28.4. The van der Waals surface area contributed by atoms with Crippen LogP contribution in [0.2, 0.25) is 0 Å². The number of hydrogen-bond acceptors (Lipinski definition) is 2. The van der Waals surface area contributed by atoms with Crippen LogP contribution in [0.25, 0.3) is 0 Å². The van der Waals surface area contributed by atoms with Gasteiger partial charge in [0.2, 0.25) is 11.8 Å². The van der Waals surface area contributed by atoms with Gasteiger partial charge in [-0.2, -0.15) is 13.2 Å². The summed E-state index contributed by atoms with van der Waals surface area (Å²) in [5.41, 5.74) is -0.258. The zero-order chi connectivity index (χ0) is 22.8. The van der Waals surface area contributed by atoms with Crippen molar-refractivity contribution in [2.75, 3.05) is 26.2 Å². The third-order valence-corrected chi connectivity index (χ3v) is 6.43. The van der Waals surface area contributed by atoms with Gasteiger partial charge in [-0.25, -0.2) is 0 Å². The van der Waals surface area contributed by atoms with Gasteiger partial charge in [-0.15, -0.1) is 0 Å². The first kappa shape index (κ1) is 23.7. The first-order valence-electron chi connectivity index (χ1n) is 9.93. The normalized spacial score (nSPS) is 18.9. The van der Waals surface area contributed by atoms with E-state index in [0.717, 1.165) is 25.0 Å². The standard InChI is InChI=1S/C22H23Cl2F3N2O2/c1-2-19(30)29-13-21(14-29)9-11-28(12-10-21)20(31)17(7-8-18(23)24)15-3-5-16(6-4-15)22(25,26)27/h2-6,8,17H,1,7,9-14H2/t17-/m0/s1. The second-order valence-electron chi connectivity index (χ2n) is 8.13. The number of halogens is 5. The molecule has 1 atom stereocenters. The number of rotatable bonds is 5. The zero-order valence-corrected chi connectivity index (χ0v) is 18.3. The molecule has 2 aliphatic heterocycles. The number of allylic oxidation sites excluding steroid dienone is 1. The lowest BCUT2D eigenvalue weighted by atomic mass is 9.71. The summed E-state index contributed by atoms with van der Waals surface area (Å²) >= 11 is 11.4. The minimum absolute atomic E-state index is 0.00348. The van der Waals surface area contributed by atoms with Crippen LogP contribution in [0.15, 0.2) is 47.5 Å². The number of likely N-dealkylation sites (tertiary alicyclic amines) is 2. The molecule has 0 aliphatic carbocycles. The number of carbonyl (C=O) groups excluding carboxylic acids is 2.